The van der Waals surface area contributed by atoms with E-state index >= 15 is 0 Å². The van der Waals surface area contributed by atoms with Crippen LogP contribution in [0.15, 0.2) is 0 Å². The molecule has 1 aliphatic rings. The summed E-state index contributed by atoms with van der Waals surface area (Å²) in [5, 5.41) is 3.64. The van der Waals surface area contributed by atoms with E-state index in [1.165, 1.54) is 0 Å². The molecule has 5 nitrogen and oxygen atoms in total. The first kappa shape index (κ1) is 18.2. The van der Waals surface area contributed by atoms with Crippen molar-refractivity contribution in [3.8, 4) is 0 Å². The van der Waals surface area contributed by atoms with Crippen LogP contribution in [0, 0.1) is 5.92 Å². The van der Waals surface area contributed by atoms with Gasteiger partial charge in [0.25, 0.3) is 0 Å². The number of carbonyl (C=O) groups is 1. The van der Waals surface area contributed by atoms with Crippen LogP contribution in [0.25, 0.3) is 0 Å². The normalized spacial score (nSPS) is 18.9. The van der Waals surface area contributed by atoms with Crippen molar-refractivity contribution in [2.24, 2.45) is 11.7 Å². The number of hydrogen-bond acceptors (Lipinski definition) is 4. The molecule has 5 heteroatoms. The van der Waals surface area contributed by atoms with Gasteiger partial charge >= 0.3 is 6.09 Å². The molecular formula is C16H33N3O2. The van der Waals surface area contributed by atoms with E-state index < -0.39 is 5.60 Å². The Morgan fingerprint density at radius 2 is 1.90 bits per heavy atom. The molecule has 0 aromatic carbocycles. The first-order chi connectivity index (χ1) is 9.71. The molecule has 1 heterocycles. The van der Waals surface area contributed by atoms with E-state index in [1.807, 2.05) is 25.7 Å². The molecule has 1 rings (SSSR count). The molecule has 0 saturated carbocycles. The first-order valence-corrected chi connectivity index (χ1v) is 8.15. The molecule has 0 unspecified atom stereocenters. The Morgan fingerprint density at radius 3 is 2.33 bits per heavy atom. The fourth-order valence-corrected chi connectivity index (χ4v) is 2.69. The average molecular weight is 299 g/mol. The van der Waals surface area contributed by atoms with Gasteiger partial charge in [0.05, 0.1) is 0 Å². The molecule has 0 aromatic rings. The highest BCUT2D eigenvalue weighted by Crippen LogP contribution is 2.16. The van der Waals surface area contributed by atoms with Crippen molar-refractivity contribution in [1.29, 1.82) is 0 Å². The maximum absolute atomic E-state index is 12.0. The van der Waals surface area contributed by atoms with E-state index in [4.69, 9.17) is 10.5 Å². The predicted molar refractivity (Wildman–Crippen MR) is 86.3 cm³/mol. The van der Waals surface area contributed by atoms with Crippen molar-refractivity contribution in [3.05, 3.63) is 0 Å². The third-order valence-electron chi connectivity index (χ3n) is 3.66. The number of carbonyl (C=O) groups excluding carboxylic acids is 1. The molecule has 1 saturated heterocycles. The summed E-state index contributed by atoms with van der Waals surface area (Å²) in [6, 6.07) is 0.832. The van der Waals surface area contributed by atoms with E-state index in [9.17, 15) is 4.79 Å². The predicted octanol–water partition coefficient (Wildman–Crippen LogP) is 2.35. The molecule has 1 aliphatic heterocycles. The summed E-state index contributed by atoms with van der Waals surface area (Å²) in [4.78, 5) is 13.8. The summed E-state index contributed by atoms with van der Waals surface area (Å²) >= 11 is 0. The van der Waals surface area contributed by atoms with Crippen molar-refractivity contribution in [3.63, 3.8) is 0 Å². The van der Waals surface area contributed by atoms with E-state index in [0.717, 1.165) is 32.4 Å². The lowest BCUT2D eigenvalue weighted by Gasteiger charge is -2.35. The van der Waals surface area contributed by atoms with E-state index in [0.29, 0.717) is 24.5 Å². The Bertz CT molecular complexity index is 318. The summed E-state index contributed by atoms with van der Waals surface area (Å²) in [6.07, 6.45) is 2.84. The number of amides is 1. The summed E-state index contributed by atoms with van der Waals surface area (Å²) < 4.78 is 5.41. The minimum absolute atomic E-state index is 0.196. The number of rotatable bonds is 5. The smallest absolute Gasteiger partial charge is 0.410 e. The first-order valence-electron chi connectivity index (χ1n) is 8.15. The van der Waals surface area contributed by atoms with Crippen LogP contribution >= 0.6 is 0 Å². The van der Waals surface area contributed by atoms with Crippen LogP contribution in [-0.2, 0) is 4.74 Å². The van der Waals surface area contributed by atoms with Crippen LogP contribution in [0.3, 0.4) is 0 Å². The molecule has 1 atom stereocenters. The van der Waals surface area contributed by atoms with Crippen LogP contribution in [-0.4, -0.2) is 48.3 Å². The monoisotopic (exact) mass is 299 g/mol. The highest BCUT2D eigenvalue weighted by molar-refractivity contribution is 5.68. The topological polar surface area (TPSA) is 67.6 Å². The Morgan fingerprint density at radius 1 is 1.33 bits per heavy atom. The second-order valence-corrected chi connectivity index (χ2v) is 7.47. The summed E-state index contributed by atoms with van der Waals surface area (Å²) in [7, 11) is 0. The van der Waals surface area contributed by atoms with Gasteiger partial charge in [-0.3, -0.25) is 0 Å². The van der Waals surface area contributed by atoms with Gasteiger partial charge in [0, 0.05) is 31.7 Å². The van der Waals surface area contributed by atoms with Crippen molar-refractivity contribution < 1.29 is 9.53 Å². The Hall–Kier alpha value is -0.810. The SMILES string of the molecule is CC(C)C[C@H](CN)NC1CCN(C(=O)OC(C)(C)C)CC1. The lowest BCUT2D eigenvalue weighted by atomic mass is 9.99. The van der Waals surface area contributed by atoms with Gasteiger partial charge in [-0.25, -0.2) is 4.79 Å². The molecule has 124 valence electrons. The molecule has 0 aromatic heterocycles. The molecule has 0 spiro atoms. The largest absolute Gasteiger partial charge is 0.444 e. The fraction of sp³-hybridized carbons (Fsp3) is 0.938. The number of piperidine rings is 1. The fourth-order valence-electron chi connectivity index (χ4n) is 2.69. The average Bonchev–Trinajstić information content (AvgIpc) is 2.36. The third kappa shape index (κ3) is 7.14. The number of nitrogens with one attached hydrogen (secondary N) is 1. The lowest BCUT2D eigenvalue weighted by Crippen LogP contribution is -2.50. The molecular weight excluding hydrogens is 266 g/mol. The van der Waals surface area contributed by atoms with Crippen LogP contribution in [0.2, 0.25) is 0 Å². The maximum Gasteiger partial charge on any atom is 0.410 e. The lowest BCUT2D eigenvalue weighted by molar-refractivity contribution is 0.0195. The number of ether oxygens (including phenoxy) is 1. The van der Waals surface area contributed by atoms with E-state index in [-0.39, 0.29) is 6.09 Å². The van der Waals surface area contributed by atoms with Crippen molar-refractivity contribution in [1.82, 2.24) is 10.2 Å². The number of likely N-dealkylation sites (tertiary alicyclic amines) is 1. The van der Waals surface area contributed by atoms with Gasteiger partial charge in [0.1, 0.15) is 5.60 Å². The quantitative estimate of drug-likeness (QED) is 0.817. The maximum atomic E-state index is 12.0. The third-order valence-corrected chi connectivity index (χ3v) is 3.66. The Kier molecular flexibility index (Phi) is 6.94. The molecule has 1 amide bonds. The molecule has 1 fully saturated rings. The summed E-state index contributed by atoms with van der Waals surface area (Å²) in [6.45, 7) is 12.3. The molecule has 0 radical (unpaired) electrons. The second kappa shape index (κ2) is 7.99. The molecule has 3 N–H and O–H groups in total. The molecule has 21 heavy (non-hydrogen) atoms. The van der Waals surface area contributed by atoms with Gasteiger partial charge in [0.15, 0.2) is 0 Å². The van der Waals surface area contributed by atoms with Gasteiger partial charge in [-0.15, -0.1) is 0 Å². The molecule has 0 aliphatic carbocycles. The van der Waals surface area contributed by atoms with Crippen molar-refractivity contribution in [2.75, 3.05) is 19.6 Å². The van der Waals surface area contributed by atoms with Crippen LogP contribution < -0.4 is 11.1 Å². The van der Waals surface area contributed by atoms with Gasteiger partial charge in [-0.1, -0.05) is 13.8 Å². The highest BCUT2D eigenvalue weighted by Gasteiger charge is 2.27. The minimum atomic E-state index is -0.423. The van der Waals surface area contributed by atoms with E-state index in [1.54, 1.807) is 0 Å². The zero-order chi connectivity index (χ0) is 16.0. The second-order valence-electron chi connectivity index (χ2n) is 7.47. The molecule has 0 bridgehead atoms. The summed E-state index contributed by atoms with van der Waals surface area (Å²) in [5.41, 5.74) is 5.41. The van der Waals surface area contributed by atoms with Gasteiger partial charge in [-0.2, -0.15) is 0 Å². The minimum Gasteiger partial charge on any atom is -0.444 e. The van der Waals surface area contributed by atoms with Gasteiger partial charge in [-0.05, 0) is 46.0 Å². The van der Waals surface area contributed by atoms with Crippen LogP contribution in [0.4, 0.5) is 4.79 Å². The van der Waals surface area contributed by atoms with Crippen LogP contribution in [0.1, 0.15) is 53.9 Å². The number of hydrogen-bond donors (Lipinski definition) is 2. The zero-order valence-corrected chi connectivity index (χ0v) is 14.3. The Labute approximate surface area is 129 Å². The standard InChI is InChI=1S/C16H33N3O2/c1-12(2)10-14(11-17)18-13-6-8-19(9-7-13)15(20)21-16(3,4)5/h12-14,18H,6-11,17H2,1-5H3/t14-/m1/s1. The highest BCUT2D eigenvalue weighted by atomic mass is 16.6. The van der Waals surface area contributed by atoms with Crippen LogP contribution in [0.5, 0.6) is 0 Å². The Balaban J connectivity index is 2.36. The van der Waals surface area contributed by atoms with Crippen molar-refractivity contribution >= 4 is 6.09 Å². The van der Waals surface area contributed by atoms with Crippen molar-refractivity contribution in [2.45, 2.75) is 71.6 Å². The zero-order valence-electron chi connectivity index (χ0n) is 14.3. The number of nitrogens with zero attached hydrogens (tertiary/aromatic N) is 1. The van der Waals surface area contributed by atoms with Gasteiger partial charge in [0.2, 0.25) is 0 Å². The van der Waals surface area contributed by atoms with Gasteiger partial charge < -0.3 is 20.7 Å². The summed E-state index contributed by atoms with van der Waals surface area (Å²) in [5.74, 6) is 0.646. The van der Waals surface area contributed by atoms with E-state index in [2.05, 4.69) is 19.2 Å². The number of nitrogens with two attached hydrogens (primary N) is 1.